The smallest absolute Gasteiger partial charge is 0.305 e. The average molecular weight is 341 g/mol. The molecule has 0 spiro atoms. The molecule has 4 heteroatoms. The predicted molar refractivity (Wildman–Crippen MR) is 96.9 cm³/mol. The Kier molecular flexibility index (Phi) is 10.3. The number of carbonyl (C=O) groups excluding carboxylic acids is 1. The Morgan fingerprint density at radius 3 is 2.58 bits per heavy atom. The van der Waals surface area contributed by atoms with Crippen LogP contribution in [-0.4, -0.2) is 36.0 Å². The standard InChI is InChI=1S/C20H36O4/c1-4-5-11-14-17-19(24-17)20(2,22)16-13-10-8-6-7-9-12-15-18(21)23-3/h13,16-17,19,22H,4-12,14-15H2,1-3H3/b16-13-. The van der Waals surface area contributed by atoms with Crippen LogP contribution in [-0.2, 0) is 14.3 Å². The zero-order valence-corrected chi connectivity index (χ0v) is 15.8. The van der Waals surface area contributed by atoms with Gasteiger partial charge in [0.15, 0.2) is 0 Å². The summed E-state index contributed by atoms with van der Waals surface area (Å²) in [6, 6.07) is 0. The van der Waals surface area contributed by atoms with Crippen LogP contribution in [0.5, 0.6) is 0 Å². The quantitative estimate of drug-likeness (QED) is 0.218. The Bertz CT molecular complexity index is 376. The van der Waals surface area contributed by atoms with Gasteiger partial charge in [-0.05, 0) is 32.6 Å². The molecule has 0 aromatic carbocycles. The van der Waals surface area contributed by atoms with Gasteiger partial charge < -0.3 is 14.6 Å². The van der Waals surface area contributed by atoms with Crippen LogP contribution in [0.1, 0.15) is 84.5 Å². The van der Waals surface area contributed by atoms with E-state index in [4.69, 9.17) is 4.74 Å². The molecule has 140 valence electrons. The van der Waals surface area contributed by atoms with Gasteiger partial charge in [-0.3, -0.25) is 4.79 Å². The van der Waals surface area contributed by atoms with Crippen LogP contribution in [0.15, 0.2) is 12.2 Å². The summed E-state index contributed by atoms with van der Waals surface area (Å²) in [7, 11) is 1.43. The molecule has 1 N–H and O–H groups in total. The van der Waals surface area contributed by atoms with Gasteiger partial charge in [-0.15, -0.1) is 0 Å². The molecule has 0 amide bonds. The lowest BCUT2D eigenvalue weighted by Crippen LogP contribution is -2.30. The van der Waals surface area contributed by atoms with Crippen molar-refractivity contribution in [3.8, 4) is 0 Å². The van der Waals surface area contributed by atoms with E-state index in [0.717, 1.165) is 44.9 Å². The van der Waals surface area contributed by atoms with Crippen LogP contribution in [0, 0.1) is 0 Å². The van der Waals surface area contributed by atoms with E-state index in [9.17, 15) is 9.90 Å². The van der Waals surface area contributed by atoms with E-state index in [2.05, 4.69) is 17.7 Å². The van der Waals surface area contributed by atoms with E-state index in [0.29, 0.717) is 6.42 Å². The first kappa shape index (κ1) is 21.2. The third-order valence-corrected chi connectivity index (χ3v) is 4.69. The number of rotatable bonds is 14. The largest absolute Gasteiger partial charge is 0.469 e. The molecule has 4 nitrogen and oxygen atoms in total. The number of allylic oxidation sites excluding steroid dienone is 1. The van der Waals surface area contributed by atoms with Gasteiger partial charge in [-0.2, -0.15) is 0 Å². The fourth-order valence-electron chi connectivity index (χ4n) is 3.05. The first-order valence-corrected chi connectivity index (χ1v) is 9.63. The summed E-state index contributed by atoms with van der Waals surface area (Å²) in [5.41, 5.74) is -0.836. The first-order valence-electron chi connectivity index (χ1n) is 9.63. The third kappa shape index (κ3) is 8.84. The summed E-state index contributed by atoms with van der Waals surface area (Å²) >= 11 is 0. The molecule has 1 saturated heterocycles. The molecule has 0 aliphatic carbocycles. The molecular weight excluding hydrogens is 304 g/mol. The van der Waals surface area contributed by atoms with Gasteiger partial charge in [-0.25, -0.2) is 0 Å². The van der Waals surface area contributed by atoms with Crippen LogP contribution in [0.2, 0.25) is 0 Å². The molecule has 1 fully saturated rings. The normalized spacial score (nSPS) is 22.5. The van der Waals surface area contributed by atoms with Crippen LogP contribution < -0.4 is 0 Å². The maximum Gasteiger partial charge on any atom is 0.305 e. The highest BCUT2D eigenvalue weighted by molar-refractivity contribution is 5.68. The van der Waals surface area contributed by atoms with E-state index in [-0.39, 0.29) is 18.2 Å². The molecule has 1 aliphatic rings. The molecular formula is C20H36O4. The van der Waals surface area contributed by atoms with E-state index in [1.807, 2.05) is 13.0 Å². The Balaban J connectivity index is 2.02. The molecule has 1 heterocycles. The lowest BCUT2D eigenvalue weighted by molar-refractivity contribution is -0.140. The molecule has 1 rings (SSSR count). The second-order valence-corrected chi connectivity index (χ2v) is 7.10. The molecule has 0 radical (unpaired) electrons. The maximum absolute atomic E-state index is 11.0. The number of carbonyl (C=O) groups is 1. The van der Waals surface area contributed by atoms with Crippen LogP contribution in [0.25, 0.3) is 0 Å². The zero-order valence-electron chi connectivity index (χ0n) is 15.8. The summed E-state index contributed by atoms with van der Waals surface area (Å²) in [5, 5.41) is 10.5. The van der Waals surface area contributed by atoms with Gasteiger partial charge in [0.05, 0.1) is 13.2 Å². The van der Waals surface area contributed by atoms with Crippen molar-refractivity contribution in [2.45, 2.75) is 102 Å². The molecule has 24 heavy (non-hydrogen) atoms. The topological polar surface area (TPSA) is 59.1 Å². The van der Waals surface area contributed by atoms with Crippen molar-refractivity contribution in [1.29, 1.82) is 0 Å². The minimum absolute atomic E-state index is 0.0241. The van der Waals surface area contributed by atoms with Gasteiger partial charge >= 0.3 is 5.97 Å². The number of hydrogen-bond acceptors (Lipinski definition) is 4. The van der Waals surface area contributed by atoms with Gasteiger partial charge in [0.1, 0.15) is 11.7 Å². The van der Waals surface area contributed by atoms with E-state index in [1.165, 1.54) is 26.4 Å². The number of methoxy groups -OCH3 is 1. The molecule has 3 unspecified atom stereocenters. The Hall–Kier alpha value is -0.870. The Labute approximate surface area is 147 Å². The molecule has 0 aromatic rings. The number of epoxide rings is 1. The summed E-state index contributed by atoms with van der Waals surface area (Å²) < 4.78 is 10.3. The van der Waals surface area contributed by atoms with Crippen LogP contribution in [0.3, 0.4) is 0 Å². The molecule has 0 bridgehead atoms. The first-order chi connectivity index (χ1) is 11.5. The van der Waals surface area contributed by atoms with Crippen molar-refractivity contribution in [3.05, 3.63) is 12.2 Å². The SMILES string of the molecule is CCCCCC1OC1C(C)(O)/C=C\CCCCCCCC(=O)OC. The summed E-state index contributed by atoms with van der Waals surface area (Å²) in [5.74, 6) is -0.115. The van der Waals surface area contributed by atoms with Crippen molar-refractivity contribution < 1.29 is 19.4 Å². The summed E-state index contributed by atoms with van der Waals surface area (Å²) in [6.07, 6.45) is 15.9. The van der Waals surface area contributed by atoms with Gasteiger partial charge in [0, 0.05) is 6.42 Å². The van der Waals surface area contributed by atoms with Crippen molar-refractivity contribution in [2.24, 2.45) is 0 Å². The number of ether oxygens (including phenoxy) is 2. The van der Waals surface area contributed by atoms with Gasteiger partial charge in [0.25, 0.3) is 0 Å². The third-order valence-electron chi connectivity index (χ3n) is 4.69. The van der Waals surface area contributed by atoms with E-state index in [1.54, 1.807) is 0 Å². The minimum atomic E-state index is -0.836. The maximum atomic E-state index is 11.0. The monoisotopic (exact) mass is 340 g/mol. The number of esters is 1. The molecule has 0 aromatic heterocycles. The highest BCUT2D eigenvalue weighted by Crippen LogP contribution is 2.36. The Morgan fingerprint density at radius 1 is 1.17 bits per heavy atom. The van der Waals surface area contributed by atoms with Crippen molar-refractivity contribution >= 4 is 5.97 Å². The highest BCUT2D eigenvalue weighted by Gasteiger charge is 2.49. The number of unbranched alkanes of at least 4 members (excludes halogenated alkanes) is 7. The minimum Gasteiger partial charge on any atom is -0.469 e. The van der Waals surface area contributed by atoms with E-state index < -0.39 is 5.60 Å². The van der Waals surface area contributed by atoms with Gasteiger partial charge in [0.2, 0.25) is 0 Å². The van der Waals surface area contributed by atoms with Crippen LogP contribution in [0.4, 0.5) is 0 Å². The van der Waals surface area contributed by atoms with E-state index >= 15 is 0 Å². The van der Waals surface area contributed by atoms with Crippen molar-refractivity contribution in [2.75, 3.05) is 7.11 Å². The second-order valence-electron chi connectivity index (χ2n) is 7.10. The summed E-state index contributed by atoms with van der Waals surface area (Å²) in [6.45, 7) is 4.05. The van der Waals surface area contributed by atoms with Crippen molar-refractivity contribution in [3.63, 3.8) is 0 Å². The summed E-state index contributed by atoms with van der Waals surface area (Å²) in [4.78, 5) is 11.0. The van der Waals surface area contributed by atoms with Crippen molar-refractivity contribution in [1.82, 2.24) is 0 Å². The number of aliphatic hydroxyl groups is 1. The molecule has 1 aliphatic heterocycles. The van der Waals surface area contributed by atoms with Gasteiger partial charge in [-0.1, -0.05) is 57.6 Å². The predicted octanol–water partition coefficient (Wildman–Crippen LogP) is 4.55. The average Bonchev–Trinajstić information content (AvgIpc) is 3.33. The number of hydrogen-bond donors (Lipinski definition) is 1. The zero-order chi connectivity index (χ0) is 17.8. The lowest BCUT2D eigenvalue weighted by Gasteiger charge is -2.16. The fraction of sp³-hybridized carbons (Fsp3) is 0.850. The Morgan fingerprint density at radius 2 is 1.88 bits per heavy atom. The second kappa shape index (κ2) is 11.6. The van der Waals surface area contributed by atoms with Crippen LogP contribution >= 0.6 is 0 Å². The molecule has 3 atom stereocenters. The highest BCUT2D eigenvalue weighted by atomic mass is 16.6. The molecule has 0 saturated carbocycles. The lowest BCUT2D eigenvalue weighted by atomic mass is 9.96. The fourth-order valence-corrected chi connectivity index (χ4v) is 3.05.